The van der Waals surface area contributed by atoms with E-state index in [1.54, 1.807) is 6.20 Å². The molecule has 0 atom stereocenters. The monoisotopic (exact) mass is 331 g/mol. The number of aliphatic hydroxyl groups excluding tert-OH is 1. The first-order valence-electron chi connectivity index (χ1n) is 8.88. The highest BCUT2D eigenvalue weighted by molar-refractivity contribution is 5.56. The minimum Gasteiger partial charge on any atom is -0.396 e. The molecule has 0 bridgehead atoms. The number of nitrogens with zero attached hydrogens (tertiary/aromatic N) is 5. The van der Waals surface area contributed by atoms with Crippen molar-refractivity contribution in [1.29, 1.82) is 0 Å². The van der Waals surface area contributed by atoms with Gasteiger partial charge in [-0.25, -0.2) is 4.68 Å². The molecule has 1 aliphatic carbocycles. The number of hydrogen-bond donors (Lipinski definition) is 1. The fourth-order valence-electron chi connectivity index (χ4n) is 3.72. The van der Waals surface area contributed by atoms with Crippen LogP contribution in [0, 0.1) is 5.92 Å². The zero-order valence-corrected chi connectivity index (χ0v) is 13.9. The summed E-state index contributed by atoms with van der Waals surface area (Å²) in [6, 6.07) is 2.35. The zero-order valence-electron chi connectivity index (χ0n) is 13.9. The van der Waals surface area contributed by atoms with Crippen LogP contribution in [0.3, 0.4) is 0 Å². The van der Waals surface area contributed by atoms with E-state index in [0.717, 1.165) is 63.5 Å². The van der Waals surface area contributed by atoms with Gasteiger partial charge < -0.3 is 14.7 Å². The second kappa shape index (κ2) is 6.94. The Morgan fingerprint density at radius 1 is 1.17 bits per heavy atom. The minimum atomic E-state index is 0.309. The van der Waals surface area contributed by atoms with Crippen molar-refractivity contribution in [2.75, 3.05) is 37.8 Å². The van der Waals surface area contributed by atoms with Crippen LogP contribution >= 0.6 is 0 Å². The molecule has 1 saturated heterocycles. The Bertz CT molecular complexity index is 640. The van der Waals surface area contributed by atoms with Crippen molar-refractivity contribution in [3.05, 3.63) is 24.7 Å². The molecule has 24 heavy (non-hydrogen) atoms. The third-order valence-corrected chi connectivity index (χ3v) is 5.20. The minimum absolute atomic E-state index is 0.309. The summed E-state index contributed by atoms with van der Waals surface area (Å²) in [7, 11) is 0. The second-order valence-corrected chi connectivity index (χ2v) is 6.73. The van der Waals surface area contributed by atoms with Crippen molar-refractivity contribution in [3.63, 3.8) is 0 Å². The standard InChI is InChI=1S/C17H25N5O2/c23-13-14-2-4-15(5-3-14)22-12-16(21-7-1-6-18-21)17(19-22)20-8-10-24-11-9-20/h1,6-7,12,14-15,23H,2-5,8-11,13H2. The predicted molar refractivity (Wildman–Crippen MR) is 90.5 cm³/mol. The maximum Gasteiger partial charge on any atom is 0.176 e. The van der Waals surface area contributed by atoms with Crippen molar-refractivity contribution >= 4 is 5.82 Å². The molecular formula is C17H25N5O2. The molecule has 2 aromatic rings. The fraction of sp³-hybridized carbons (Fsp3) is 0.647. The quantitative estimate of drug-likeness (QED) is 0.922. The van der Waals surface area contributed by atoms with Gasteiger partial charge in [-0.1, -0.05) is 0 Å². The third-order valence-electron chi connectivity index (χ3n) is 5.20. The van der Waals surface area contributed by atoms with Gasteiger partial charge in [-0.15, -0.1) is 0 Å². The van der Waals surface area contributed by atoms with Crippen molar-refractivity contribution in [2.45, 2.75) is 31.7 Å². The SMILES string of the molecule is OCC1CCC(n2cc(-n3cccn3)c(N3CCOCC3)n2)CC1. The van der Waals surface area contributed by atoms with E-state index in [1.165, 1.54) is 0 Å². The van der Waals surface area contributed by atoms with E-state index in [-0.39, 0.29) is 0 Å². The Kier molecular flexibility index (Phi) is 4.53. The Labute approximate surface area is 141 Å². The molecule has 1 N–H and O–H groups in total. The third kappa shape index (κ3) is 3.06. The lowest BCUT2D eigenvalue weighted by Gasteiger charge is -2.28. The number of ether oxygens (including phenoxy) is 1. The number of anilines is 1. The Morgan fingerprint density at radius 2 is 1.96 bits per heavy atom. The second-order valence-electron chi connectivity index (χ2n) is 6.73. The molecule has 1 saturated carbocycles. The molecule has 2 aromatic heterocycles. The summed E-state index contributed by atoms with van der Waals surface area (Å²) in [5.74, 6) is 1.45. The lowest BCUT2D eigenvalue weighted by atomic mass is 9.87. The van der Waals surface area contributed by atoms with Crippen molar-refractivity contribution in [2.24, 2.45) is 5.92 Å². The van der Waals surface area contributed by atoms with Crippen LogP contribution in [0.25, 0.3) is 5.69 Å². The van der Waals surface area contributed by atoms with E-state index < -0.39 is 0 Å². The summed E-state index contributed by atoms with van der Waals surface area (Å²) in [6.07, 6.45) is 10.2. The van der Waals surface area contributed by atoms with E-state index in [0.29, 0.717) is 18.6 Å². The molecule has 0 unspecified atom stereocenters. The van der Waals surface area contributed by atoms with Crippen LogP contribution in [0.4, 0.5) is 5.82 Å². The summed E-state index contributed by atoms with van der Waals surface area (Å²) in [6.45, 7) is 3.52. The molecule has 3 heterocycles. The summed E-state index contributed by atoms with van der Waals surface area (Å²) in [5.41, 5.74) is 1.03. The van der Waals surface area contributed by atoms with Gasteiger partial charge in [0.05, 0.1) is 25.5 Å². The number of aliphatic hydroxyl groups is 1. The van der Waals surface area contributed by atoms with Crippen LogP contribution < -0.4 is 4.90 Å². The van der Waals surface area contributed by atoms with Gasteiger partial charge >= 0.3 is 0 Å². The highest BCUT2D eigenvalue weighted by atomic mass is 16.5. The van der Waals surface area contributed by atoms with E-state index in [1.807, 2.05) is 16.9 Å². The summed E-state index contributed by atoms with van der Waals surface area (Å²) >= 11 is 0. The first-order chi connectivity index (χ1) is 11.8. The molecule has 0 spiro atoms. The molecule has 7 nitrogen and oxygen atoms in total. The van der Waals surface area contributed by atoms with E-state index >= 15 is 0 Å². The van der Waals surface area contributed by atoms with Gasteiger partial charge in [0, 0.05) is 32.1 Å². The van der Waals surface area contributed by atoms with Gasteiger partial charge in [-0.2, -0.15) is 10.2 Å². The van der Waals surface area contributed by atoms with Crippen LogP contribution in [0.5, 0.6) is 0 Å². The number of morpholine rings is 1. The van der Waals surface area contributed by atoms with Gasteiger partial charge in [0.25, 0.3) is 0 Å². The van der Waals surface area contributed by atoms with Crippen LogP contribution in [0.15, 0.2) is 24.7 Å². The molecule has 7 heteroatoms. The fourth-order valence-corrected chi connectivity index (χ4v) is 3.72. The highest BCUT2D eigenvalue weighted by Crippen LogP contribution is 2.34. The van der Waals surface area contributed by atoms with Crippen molar-refractivity contribution < 1.29 is 9.84 Å². The average molecular weight is 331 g/mol. The van der Waals surface area contributed by atoms with Gasteiger partial charge in [0.2, 0.25) is 0 Å². The maximum absolute atomic E-state index is 9.34. The molecule has 2 fully saturated rings. The zero-order chi connectivity index (χ0) is 16.4. The number of aromatic nitrogens is 4. The Morgan fingerprint density at radius 3 is 2.62 bits per heavy atom. The van der Waals surface area contributed by atoms with Crippen LogP contribution in [0.1, 0.15) is 31.7 Å². The topological polar surface area (TPSA) is 68.3 Å². The van der Waals surface area contributed by atoms with Crippen molar-refractivity contribution in [3.8, 4) is 5.69 Å². The molecule has 130 valence electrons. The highest BCUT2D eigenvalue weighted by Gasteiger charge is 2.26. The summed E-state index contributed by atoms with van der Waals surface area (Å²) in [4.78, 5) is 2.29. The first-order valence-corrected chi connectivity index (χ1v) is 8.88. The Hall–Kier alpha value is -1.86. The first kappa shape index (κ1) is 15.7. The lowest BCUT2D eigenvalue weighted by molar-refractivity contribution is 0.122. The molecule has 1 aliphatic heterocycles. The molecule has 0 aromatic carbocycles. The maximum atomic E-state index is 9.34. The molecule has 4 rings (SSSR count). The van der Waals surface area contributed by atoms with Gasteiger partial charge in [-0.3, -0.25) is 4.68 Å². The van der Waals surface area contributed by atoms with Crippen LogP contribution in [-0.2, 0) is 4.74 Å². The van der Waals surface area contributed by atoms with Gasteiger partial charge in [0.15, 0.2) is 5.82 Å². The summed E-state index contributed by atoms with van der Waals surface area (Å²) in [5, 5.41) is 18.7. The number of rotatable bonds is 4. The normalized spacial score (nSPS) is 25.1. The smallest absolute Gasteiger partial charge is 0.176 e. The Balaban J connectivity index is 1.61. The van der Waals surface area contributed by atoms with Crippen LogP contribution in [-0.4, -0.2) is 57.6 Å². The van der Waals surface area contributed by atoms with E-state index in [2.05, 4.69) is 20.9 Å². The lowest BCUT2D eigenvalue weighted by Crippen LogP contribution is -2.37. The van der Waals surface area contributed by atoms with Gasteiger partial charge in [0.1, 0.15) is 5.69 Å². The van der Waals surface area contributed by atoms with E-state index in [4.69, 9.17) is 9.84 Å². The molecule has 2 aliphatic rings. The molecule has 0 radical (unpaired) electrons. The average Bonchev–Trinajstić information content (AvgIpc) is 3.32. The molecule has 0 amide bonds. The molecular weight excluding hydrogens is 306 g/mol. The largest absolute Gasteiger partial charge is 0.396 e. The predicted octanol–water partition coefficient (Wildman–Crippen LogP) is 1.63. The van der Waals surface area contributed by atoms with Gasteiger partial charge in [-0.05, 0) is 37.7 Å². The van der Waals surface area contributed by atoms with E-state index in [9.17, 15) is 5.11 Å². The number of hydrogen-bond acceptors (Lipinski definition) is 5. The van der Waals surface area contributed by atoms with Crippen molar-refractivity contribution in [1.82, 2.24) is 19.6 Å². The van der Waals surface area contributed by atoms with Crippen LogP contribution in [0.2, 0.25) is 0 Å². The summed E-state index contributed by atoms with van der Waals surface area (Å²) < 4.78 is 9.49.